The SMILES string of the molecule is Cc1ccc(C(=O)C(CCC(=O)O)NC(C)C)cc1C. The van der Waals surface area contributed by atoms with Crippen LogP contribution in [0.2, 0.25) is 0 Å². The summed E-state index contributed by atoms with van der Waals surface area (Å²) in [6, 6.07) is 5.28. The lowest BCUT2D eigenvalue weighted by Crippen LogP contribution is -2.41. The maximum atomic E-state index is 12.5. The van der Waals surface area contributed by atoms with E-state index < -0.39 is 12.0 Å². The molecule has 1 aromatic carbocycles. The normalized spacial score (nSPS) is 12.4. The molecule has 0 heterocycles. The molecule has 2 N–H and O–H groups in total. The molecule has 110 valence electrons. The Kier molecular flexibility index (Phi) is 5.89. The van der Waals surface area contributed by atoms with Crippen molar-refractivity contribution in [2.45, 2.75) is 52.6 Å². The minimum absolute atomic E-state index is 0.0129. The molecule has 4 nitrogen and oxygen atoms in total. The van der Waals surface area contributed by atoms with Gasteiger partial charge in [-0.15, -0.1) is 0 Å². The van der Waals surface area contributed by atoms with Gasteiger partial charge < -0.3 is 10.4 Å². The predicted octanol–water partition coefficient (Wildman–Crippen LogP) is 2.72. The highest BCUT2D eigenvalue weighted by Crippen LogP contribution is 2.14. The molecule has 0 spiro atoms. The number of hydrogen-bond acceptors (Lipinski definition) is 3. The van der Waals surface area contributed by atoms with Crippen LogP contribution < -0.4 is 5.32 Å². The summed E-state index contributed by atoms with van der Waals surface area (Å²) in [5, 5.41) is 11.9. The number of benzene rings is 1. The molecule has 0 aliphatic rings. The first-order valence-electron chi connectivity index (χ1n) is 6.90. The zero-order valence-corrected chi connectivity index (χ0v) is 12.6. The minimum Gasteiger partial charge on any atom is -0.481 e. The molecule has 1 unspecified atom stereocenters. The Balaban J connectivity index is 2.90. The Morgan fingerprint density at radius 3 is 2.35 bits per heavy atom. The van der Waals surface area contributed by atoms with Crippen molar-refractivity contribution in [2.75, 3.05) is 0 Å². The highest BCUT2D eigenvalue weighted by atomic mass is 16.4. The van der Waals surface area contributed by atoms with Crippen LogP contribution in [0.25, 0.3) is 0 Å². The quantitative estimate of drug-likeness (QED) is 0.752. The lowest BCUT2D eigenvalue weighted by atomic mass is 9.96. The number of carboxylic acids is 1. The van der Waals surface area contributed by atoms with Gasteiger partial charge >= 0.3 is 5.97 Å². The van der Waals surface area contributed by atoms with Crippen molar-refractivity contribution in [3.8, 4) is 0 Å². The van der Waals surface area contributed by atoms with Gasteiger partial charge in [-0.2, -0.15) is 0 Å². The summed E-state index contributed by atoms with van der Waals surface area (Å²) < 4.78 is 0. The third-order valence-electron chi connectivity index (χ3n) is 3.29. The number of nitrogens with one attached hydrogen (secondary N) is 1. The minimum atomic E-state index is -0.881. The molecule has 0 aliphatic carbocycles. The summed E-state index contributed by atoms with van der Waals surface area (Å²) in [4.78, 5) is 23.2. The fourth-order valence-electron chi connectivity index (χ4n) is 2.06. The molecule has 0 saturated carbocycles. The number of ketones is 1. The van der Waals surface area contributed by atoms with E-state index in [1.165, 1.54) is 0 Å². The van der Waals surface area contributed by atoms with E-state index in [0.717, 1.165) is 11.1 Å². The summed E-state index contributed by atoms with van der Waals surface area (Å²) in [6.45, 7) is 7.86. The lowest BCUT2D eigenvalue weighted by molar-refractivity contribution is -0.137. The van der Waals surface area contributed by atoms with Gasteiger partial charge in [0.25, 0.3) is 0 Å². The van der Waals surface area contributed by atoms with Crippen LogP contribution in [0.1, 0.15) is 48.2 Å². The van der Waals surface area contributed by atoms with Crippen LogP contribution in [-0.4, -0.2) is 28.9 Å². The molecular formula is C16H23NO3. The summed E-state index contributed by atoms with van der Waals surface area (Å²) in [7, 11) is 0. The molecule has 1 aromatic rings. The first kappa shape index (κ1) is 16.4. The second-order valence-electron chi connectivity index (χ2n) is 5.47. The van der Waals surface area contributed by atoms with Gasteiger partial charge in [0.1, 0.15) is 0 Å². The van der Waals surface area contributed by atoms with Gasteiger partial charge in [0.05, 0.1) is 6.04 Å². The molecule has 0 aliphatic heterocycles. The molecule has 0 radical (unpaired) electrons. The third kappa shape index (κ3) is 4.78. The molecule has 20 heavy (non-hydrogen) atoms. The van der Waals surface area contributed by atoms with Gasteiger partial charge in [-0.1, -0.05) is 26.0 Å². The molecule has 0 fully saturated rings. The average molecular weight is 277 g/mol. The Bertz CT molecular complexity index is 494. The van der Waals surface area contributed by atoms with E-state index in [9.17, 15) is 9.59 Å². The van der Waals surface area contributed by atoms with Gasteiger partial charge in [0.2, 0.25) is 0 Å². The second kappa shape index (κ2) is 7.20. The molecule has 0 saturated heterocycles. The molecule has 4 heteroatoms. The van der Waals surface area contributed by atoms with Crippen LogP contribution in [0, 0.1) is 13.8 Å². The van der Waals surface area contributed by atoms with E-state index in [4.69, 9.17) is 5.11 Å². The standard InChI is InChI=1S/C16H23NO3/c1-10(2)17-14(7-8-15(18)19)16(20)13-6-5-11(3)12(4)9-13/h5-6,9-10,14,17H,7-8H2,1-4H3,(H,18,19). The van der Waals surface area contributed by atoms with Crippen LogP contribution >= 0.6 is 0 Å². The van der Waals surface area contributed by atoms with E-state index in [1.807, 2.05) is 39.8 Å². The Hall–Kier alpha value is -1.68. The third-order valence-corrected chi connectivity index (χ3v) is 3.29. The highest BCUT2D eigenvalue weighted by molar-refractivity contribution is 6.00. The summed E-state index contributed by atoms with van der Waals surface area (Å²) in [5.41, 5.74) is 2.84. The van der Waals surface area contributed by atoms with E-state index >= 15 is 0 Å². The number of Topliss-reactive ketones (excluding diaryl/α,β-unsaturated/α-hetero) is 1. The van der Waals surface area contributed by atoms with Gasteiger partial charge in [-0.3, -0.25) is 9.59 Å². The fraction of sp³-hybridized carbons (Fsp3) is 0.500. The Morgan fingerprint density at radius 1 is 1.20 bits per heavy atom. The number of rotatable bonds is 7. The van der Waals surface area contributed by atoms with Gasteiger partial charge in [0.15, 0.2) is 5.78 Å². The van der Waals surface area contributed by atoms with E-state index in [2.05, 4.69) is 5.32 Å². The van der Waals surface area contributed by atoms with Crippen molar-refractivity contribution in [3.63, 3.8) is 0 Å². The van der Waals surface area contributed by atoms with Crippen LogP contribution in [0.15, 0.2) is 18.2 Å². The van der Waals surface area contributed by atoms with Crippen molar-refractivity contribution in [1.82, 2.24) is 5.32 Å². The highest BCUT2D eigenvalue weighted by Gasteiger charge is 2.21. The van der Waals surface area contributed by atoms with Gasteiger partial charge in [-0.25, -0.2) is 0 Å². The lowest BCUT2D eigenvalue weighted by Gasteiger charge is -2.20. The predicted molar refractivity (Wildman–Crippen MR) is 79.2 cm³/mol. The first-order valence-corrected chi connectivity index (χ1v) is 6.90. The number of hydrogen-bond donors (Lipinski definition) is 2. The second-order valence-corrected chi connectivity index (χ2v) is 5.47. The number of carboxylic acid groups (broad SMARTS) is 1. The van der Waals surface area contributed by atoms with E-state index in [0.29, 0.717) is 12.0 Å². The zero-order chi connectivity index (χ0) is 15.3. The van der Waals surface area contributed by atoms with Gasteiger partial charge in [0, 0.05) is 18.0 Å². The summed E-state index contributed by atoms with van der Waals surface area (Å²) in [6.07, 6.45) is 0.292. The van der Waals surface area contributed by atoms with Crippen molar-refractivity contribution < 1.29 is 14.7 Å². The van der Waals surface area contributed by atoms with E-state index in [-0.39, 0.29) is 18.2 Å². The maximum absolute atomic E-state index is 12.5. The fourth-order valence-corrected chi connectivity index (χ4v) is 2.06. The number of aryl methyl sites for hydroxylation is 2. The monoisotopic (exact) mass is 277 g/mol. The van der Waals surface area contributed by atoms with Crippen molar-refractivity contribution in [3.05, 3.63) is 34.9 Å². The molecular weight excluding hydrogens is 254 g/mol. The summed E-state index contributed by atoms with van der Waals surface area (Å²) in [5.74, 6) is -0.920. The Labute approximate surface area is 120 Å². The molecule has 0 aromatic heterocycles. The number of aliphatic carboxylic acids is 1. The van der Waals surface area contributed by atoms with Crippen molar-refractivity contribution in [2.24, 2.45) is 0 Å². The van der Waals surface area contributed by atoms with Crippen LogP contribution in [-0.2, 0) is 4.79 Å². The first-order chi connectivity index (χ1) is 9.31. The van der Waals surface area contributed by atoms with Crippen LogP contribution in [0.4, 0.5) is 0 Å². The van der Waals surface area contributed by atoms with Crippen LogP contribution in [0.3, 0.4) is 0 Å². The number of carbonyl (C=O) groups excluding carboxylic acids is 1. The molecule has 1 rings (SSSR count). The topological polar surface area (TPSA) is 66.4 Å². The Morgan fingerprint density at radius 2 is 1.85 bits per heavy atom. The maximum Gasteiger partial charge on any atom is 0.303 e. The van der Waals surface area contributed by atoms with Crippen LogP contribution in [0.5, 0.6) is 0 Å². The number of carbonyl (C=O) groups is 2. The molecule has 0 amide bonds. The smallest absolute Gasteiger partial charge is 0.303 e. The van der Waals surface area contributed by atoms with Crippen molar-refractivity contribution >= 4 is 11.8 Å². The summed E-state index contributed by atoms with van der Waals surface area (Å²) >= 11 is 0. The molecule has 1 atom stereocenters. The molecule has 0 bridgehead atoms. The average Bonchev–Trinajstić information content (AvgIpc) is 2.36. The van der Waals surface area contributed by atoms with E-state index in [1.54, 1.807) is 6.07 Å². The zero-order valence-electron chi connectivity index (χ0n) is 12.6. The van der Waals surface area contributed by atoms with Crippen molar-refractivity contribution in [1.29, 1.82) is 0 Å². The van der Waals surface area contributed by atoms with Gasteiger partial charge in [-0.05, 0) is 37.5 Å². The largest absolute Gasteiger partial charge is 0.481 e.